The molecule has 98 valence electrons. The van der Waals surface area contributed by atoms with Crippen molar-refractivity contribution in [2.24, 2.45) is 0 Å². The van der Waals surface area contributed by atoms with Crippen LogP contribution in [0.4, 0.5) is 0 Å². The van der Waals surface area contributed by atoms with Crippen molar-refractivity contribution in [3.63, 3.8) is 0 Å². The van der Waals surface area contributed by atoms with Gasteiger partial charge in [0.05, 0.1) is 26.3 Å². The molecule has 0 aliphatic heterocycles. The van der Waals surface area contributed by atoms with Crippen LogP contribution >= 0.6 is 23.2 Å². The molecule has 0 radical (unpaired) electrons. The number of hydrogen-bond acceptors (Lipinski definition) is 3. The van der Waals surface area contributed by atoms with E-state index in [9.17, 15) is 13.2 Å². The third-order valence-corrected chi connectivity index (χ3v) is 4.80. The van der Waals surface area contributed by atoms with Crippen molar-refractivity contribution < 1.29 is 18.3 Å². The van der Waals surface area contributed by atoms with Crippen molar-refractivity contribution in [1.29, 1.82) is 0 Å². The van der Waals surface area contributed by atoms with Crippen LogP contribution in [-0.4, -0.2) is 25.2 Å². The van der Waals surface area contributed by atoms with E-state index in [-0.39, 0.29) is 27.1 Å². The fourth-order valence-corrected chi connectivity index (χ4v) is 3.55. The lowest BCUT2D eigenvalue weighted by Gasteiger charge is -2.09. The average Bonchev–Trinajstić information content (AvgIpc) is 2.25. The van der Waals surface area contributed by atoms with Crippen LogP contribution in [-0.2, 0) is 9.84 Å². The van der Waals surface area contributed by atoms with Crippen LogP contribution in [0.15, 0.2) is 29.7 Å². The number of carboxylic acids is 1. The Morgan fingerprint density at radius 2 is 2.00 bits per heavy atom. The van der Waals surface area contributed by atoms with Gasteiger partial charge < -0.3 is 5.11 Å². The molecule has 1 rings (SSSR count). The predicted octanol–water partition coefficient (Wildman–Crippen LogP) is 3.04. The molecule has 0 unspecified atom stereocenters. The standard InChI is InChI=1S/C11H10Cl2O4S/c1-2-3-6-18(16,17)8-5-4-7(12)9(10(8)13)11(14)15/h2,4-5H,1,3,6H2,(H,14,15). The highest BCUT2D eigenvalue weighted by Gasteiger charge is 2.24. The summed E-state index contributed by atoms with van der Waals surface area (Å²) in [6, 6.07) is 2.41. The molecule has 0 spiro atoms. The number of benzene rings is 1. The van der Waals surface area contributed by atoms with Crippen LogP contribution < -0.4 is 0 Å². The quantitative estimate of drug-likeness (QED) is 0.849. The average molecular weight is 309 g/mol. The van der Waals surface area contributed by atoms with Crippen LogP contribution in [0.3, 0.4) is 0 Å². The Hall–Kier alpha value is -1.04. The van der Waals surface area contributed by atoms with Crippen molar-refractivity contribution in [2.45, 2.75) is 11.3 Å². The molecule has 0 saturated heterocycles. The third kappa shape index (κ3) is 3.04. The molecule has 0 heterocycles. The largest absolute Gasteiger partial charge is 0.478 e. The summed E-state index contributed by atoms with van der Waals surface area (Å²) in [5, 5.41) is 8.47. The molecule has 0 fully saturated rings. The maximum Gasteiger partial charge on any atom is 0.338 e. The van der Waals surface area contributed by atoms with Crippen molar-refractivity contribution >= 4 is 39.0 Å². The van der Waals surface area contributed by atoms with Crippen LogP contribution in [0.1, 0.15) is 16.8 Å². The molecular formula is C11H10Cl2O4S. The number of aromatic carboxylic acids is 1. The van der Waals surface area contributed by atoms with E-state index in [1.54, 1.807) is 0 Å². The molecule has 0 aromatic heterocycles. The summed E-state index contributed by atoms with van der Waals surface area (Å²) in [7, 11) is -3.65. The van der Waals surface area contributed by atoms with Gasteiger partial charge in [0.15, 0.2) is 9.84 Å². The summed E-state index contributed by atoms with van der Waals surface area (Å²) < 4.78 is 23.9. The van der Waals surface area contributed by atoms with E-state index in [4.69, 9.17) is 28.3 Å². The molecule has 1 aromatic carbocycles. The minimum Gasteiger partial charge on any atom is -0.478 e. The minimum atomic E-state index is -3.65. The number of sulfone groups is 1. The first kappa shape index (κ1) is 15.0. The second-order valence-corrected chi connectivity index (χ2v) is 6.30. The molecule has 0 aliphatic rings. The smallest absolute Gasteiger partial charge is 0.338 e. The first-order valence-electron chi connectivity index (χ1n) is 4.86. The molecule has 0 amide bonds. The van der Waals surface area contributed by atoms with E-state index >= 15 is 0 Å². The molecule has 18 heavy (non-hydrogen) atoms. The number of carboxylic acid groups (broad SMARTS) is 1. The Morgan fingerprint density at radius 3 is 2.50 bits per heavy atom. The van der Waals surface area contributed by atoms with E-state index < -0.39 is 21.4 Å². The predicted molar refractivity (Wildman–Crippen MR) is 70.3 cm³/mol. The summed E-state index contributed by atoms with van der Waals surface area (Å²) in [5.74, 6) is -1.55. The number of hydrogen-bond donors (Lipinski definition) is 1. The summed E-state index contributed by atoms with van der Waals surface area (Å²) in [5.41, 5.74) is -0.405. The van der Waals surface area contributed by atoms with E-state index in [0.29, 0.717) is 0 Å². The lowest BCUT2D eigenvalue weighted by molar-refractivity contribution is 0.0697. The molecule has 0 bridgehead atoms. The number of allylic oxidation sites excluding steroid dienone is 1. The summed E-state index contributed by atoms with van der Waals surface area (Å²) >= 11 is 11.5. The van der Waals surface area contributed by atoms with Gasteiger partial charge in [0.2, 0.25) is 0 Å². The normalized spacial score (nSPS) is 11.2. The zero-order chi connectivity index (χ0) is 13.9. The molecule has 0 atom stereocenters. The number of halogens is 2. The van der Waals surface area contributed by atoms with E-state index in [2.05, 4.69) is 6.58 Å². The zero-order valence-electron chi connectivity index (χ0n) is 9.19. The van der Waals surface area contributed by atoms with Crippen molar-refractivity contribution in [1.82, 2.24) is 0 Å². The van der Waals surface area contributed by atoms with Gasteiger partial charge in [-0.1, -0.05) is 29.3 Å². The fourth-order valence-electron chi connectivity index (χ4n) is 1.32. The highest BCUT2D eigenvalue weighted by Crippen LogP contribution is 2.31. The SMILES string of the molecule is C=CCCS(=O)(=O)c1ccc(Cl)c(C(=O)O)c1Cl. The highest BCUT2D eigenvalue weighted by molar-refractivity contribution is 7.91. The van der Waals surface area contributed by atoms with Crippen molar-refractivity contribution in [3.05, 3.63) is 40.4 Å². The first-order valence-corrected chi connectivity index (χ1v) is 7.27. The van der Waals surface area contributed by atoms with Crippen LogP contribution in [0.25, 0.3) is 0 Å². The summed E-state index contributed by atoms with van der Waals surface area (Å²) in [6.45, 7) is 3.43. The second-order valence-electron chi connectivity index (χ2n) is 3.44. The van der Waals surface area contributed by atoms with Crippen LogP contribution in [0.2, 0.25) is 10.0 Å². The fraction of sp³-hybridized carbons (Fsp3) is 0.182. The van der Waals surface area contributed by atoms with Gasteiger partial charge in [-0.2, -0.15) is 0 Å². The minimum absolute atomic E-state index is 0.102. The number of carbonyl (C=O) groups is 1. The van der Waals surface area contributed by atoms with Gasteiger partial charge in [-0.3, -0.25) is 0 Å². The van der Waals surface area contributed by atoms with Crippen LogP contribution in [0, 0.1) is 0 Å². The summed E-state index contributed by atoms with van der Waals surface area (Å²) in [6.07, 6.45) is 1.71. The molecular weight excluding hydrogens is 299 g/mol. The van der Waals surface area contributed by atoms with Gasteiger partial charge in [-0.05, 0) is 18.6 Å². The Balaban J connectivity index is 3.40. The van der Waals surface area contributed by atoms with E-state index in [1.165, 1.54) is 18.2 Å². The topological polar surface area (TPSA) is 71.4 Å². The van der Waals surface area contributed by atoms with E-state index in [1.807, 2.05) is 0 Å². The highest BCUT2D eigenvalue weighted by atomic mass is 35.5. The molecule has 0 saturated carbocycles. The first-order chi connectivity index (χ1) is 8.31. The van der Waals surface area contributed by atoms with E-state index in [0.717, 1.165) is 0 Å². The van der Waals surface area contributed by atoms with Gasteiger partial charge in [0, 0.05) is 0 Å². The van der Waals surface area contributed by atoms with Gasteiger partial charge in [0.1, 0.15) is 0 Å². The maximum atomic E-state index is 11.9. The lowest BCUT2D eigenvalue weighted by Crippen LogP contribution is -2.09. The lowest BCUT2D eigenvalue weighted by atomic mass is 10.2. The second kappa shape index (κ2) is 5.73. The third-order valence-electron chi connectivity index (χ3n) is 2.20. The summed E-state index contributed by atoms with van der Waals surface area (Å²) in [4.78, 5) is 10.7. The van der Waals surface area contributed by atoms with Gasteiger partial charge in [-0.25, -0.2) is 13.2 Å². The molecule has 4 nitrogen and oxygen atoms in total. The van der Waals surface area contributed by atoms with Crippen LogP contribution in [0.5, 0.6) is 0 Å². The number of rotatable bonds is 5. The van der Waals surface area contributed by atoms with Gasteiger partial charge >= 0.3 is 5.97 Å². The molecule has 7 heteroatoms. The molecule has 1 N–H and O–H groups in total. The van der Waals surface area contributed by atoms with Crippen molar-refractivity contribution in [3.8, 4) is 0 Å². The molecule has 0 aliphatic carbocycles. The Kier molecular flexibility index (Phi) is 4.78. The zero-order valence-corrected chi connectivity index (χ0v) is 11.5. The maximum absolute atomic E-state index is 11.9. The monoisotopic (exact) mass is 308 g/mol. The Bertz CT molecular complexity index is 593. The van der Waals surface area contributed by atoms with Crippen molar-refractivity contribution in [2.75, 3.05) is 5.75 Å². The van der Waals surface area contributed by atoms with Gasteiger partial charge in [0.25, 0.3) is 0 Å². The Labute approximate surface area is 115 Å². The van der Waals surface area contributed by atoms with Gasteiger partial charge in [-0.15, -0.1) is 6.58 Å². The molecule has 1 aromatic rings. The Morgan fingerprint density at radius 1 is 1.39 bits per heavy atom.